The monoisotopic (exact) mass is 313 g/mol. The van der Waals surface area contributed by atoms with Crippen molar-refractivity contribution in [2.45, 2.75) is 0 Å². The molecule has 0 bridgehead atoms. The summed E-state index contributed by atoms with van der Waals surface area (Å²) in [6, 6.07) is 8.19. The van der Waals surface area contributed by atoms with E-state index in [9.17, 15) is 4.79 Å². The first-order valence-electron chi connectivity index (χ1n) is 6.63. The molecule has 1 heterocycles. The second-order valence-electron chi connectivity index (χ2n) is 4.22. The number of nitrogens with zero attached hydrogens (tertiary/aromatic N) is 2. The quantitative estimate of drug-likeness (QED) is 0.817. The Hall–Kier alpha value is -3.27. The molecule has 2 aromatic rings. The first-order valence-corrected chi connectivity index (χ1v) is 6.63. The fourth-order valence-electron chi connectivity index (χ4n) is 1.71. The highest BCUT2D eigenvalue weighted by molar-refractivity contribution is 5.97. The smallest absolute Gasteiger partial charge is 0.328 e. The van der Waals surface area contributed by atoms with Crippen LogP contribution in [-0.2, 0) is 0 Å². The molecule has 0 aliphatic carbocycles. The summed E-state index contributed by atoms with van der Waals surface area (Å²) in [5.74, 6) is 2.83. The zero-order chi connectivity index (χ0) is 16.7. The molecule has 0 saturated carbocycles. The number of rotatable bonds is 6. The van der Waals surface area contributed by atoms with E-state index in [-0.39, 0.29) is 36.0 Å². The van der Waals surface area contributed by atoms with Crippen LogP contribution >= 0.6 is 0 Å². The summed E-state index contributed by atoms with van der Waals surface area (Å²) in [7, 11) is 2.93. The van der Waals surface area contributed by atoms with Crippen LogP contribution in [0.15, 0.2) is 30.3 Å². The summed E-state index contributed by atoms with van der Waals surface area (Å²) in [5.41, 5.74) is 0.313. The van der Waals surface area contributed by atoms with E-state index in [0.29, 0.717) is 5.56 Å². The van der Waals surface area contributed by atoms with E-state index in [1.807, 2.05) is 0 Å². The van der Waals surface area contributed by atoms with E-state index in [0.717, 1.165) is 0 Å². The van der Waals surface area contributed by atoms with Gasteiger partial charge in [-0.1, -0.05) is 18.1 Å². The van der Waals surface area contributed by atoms with Gasteiger partial charge in [-0.25, -0.2) is 0 Å². The van der Waals surface area contributed by atoms with Crippen LogP contribution in [0.5, 0.6) is 23.5 Å². The number of benzene rings is 1. The van der Waals surface area contributed by atoms with Gasteiger partial charge in [-0.05, 0) is 12.1 Å². The van der Waals surface area contributed by atoms with Gasteiger partial charge in [-0.2, -0.15) is 9.97 Å². The summed E-state index contributed by atoms with van der Waals surface area (Å²) in [5, 5.41) is 2.57. The molecule has 2 rings (SSSR count). The summed E-state index contributed by atoms with van der Waals surface area (Å²) in [6.07, 6.45) is 5.14. The van der Waals surface area contributed by atoms with Gasteiger partial charge in [0.2, 0.25) is 11.8 Å². The van der Waals surface area contributed by atoms with Gasteiger partial charge in [0.25, 0.3) is 5.91 Å². The maximum Gasteiger partial charge on any atom is 0.328 e. The third kappa shape index (κ3) is 4.11. The zero-order valence-corrected chi connectivity index (χ0v) is 12.7. The summed E-state index contributed by atoms with van der Waals surface area (Å²) in [6.45, 7) is 0.122. The molecule has 0 saturated heterocycles. The van der Waals surface area contributed by atoms with Crippen LogP contribution in [0.25, 0.3) is 0 Å². The Morgan fingerprint density at radius 2 is 1.87 bits per heavy atom. The van der Waals surface area contributed by atoms with E-state index in [1.54, 1.807) is 24.3 Å². The Balaban J connectivity index is 2.30. The van der Waals surface area contributed by atoms with Crippen molar-refractivity contribution in [1.29, 1.82) is 0 Å². The highest BCUT2D eigenvalue weighted by Crippen LogP contribution is 2.26. The first-order chi connectivity index (χ1) is 11.2. The molecule has 0 radical (unpaired) electrons. The lowest BCUT2D eigenvalue weighted by atomic mass is 10.2. The second-order valence-corrected chi connectivity index (χ2v) is 4.22. The number of aromatic nitrogens is 2. The Morgan fingerprint density at radius 1 is 1.22 bits per heavy atom. The van der Waals surface area contributed by atoms with Crippen LogP contribution in [0, 0.1) is 12.3 Å². The van der Waals surface area contributed by atoms with Crippen molar-refractivity contribution in [1.82, 2.24) is 15.3 Å². The van der Waals surface area contributed by atoms with Crippen molar-refractivity contribution >= 4 is 5.91 Å². The minimum Gasteiger partial charge on any atom is -0.481 e. The van der Waals surface area contributed by atoms with E-state index in [4.69, 9.17) is 20.6 Å². The minimum absolute atomic E-state index is 0.00148. The average molecular weight is 313 g/mol. The molecule has 7 heteroatoms. The van der Waals surface area contributed by atoms with E-state index in [1.165, 1.54) is 20.3 Å². The summed E-state index contributed by atoms with van der Waals surface area (Å²) in [4.78, 5) is 20.2. The van der Waals surface area contributed by atoms with Crippen molar-refractivity contribution in [3.63, 3.8) is 0 Å². The van der Waals surface area contributed by atoms with Gasteiger partial charge in [0.1, 0.15) is 5.75 Å². The number of hydrogen-bond donors (Lipinski definition) is 1. The topological polar surface area (TPSA) is 82.6 Å². The molecular formula is C16H15N3O4. The van der Waals surface area contributed by atoms with Gasteiger partial charge in [0.15, 0.2) is 0 Å². The van der Waals surface area contributed by atoms with Crippen LogP contribution < -0.4 is 19.5 Å². The molecule has 0 fully saturated rings. The minimum atomic E-state index is -0.353. The van der Waals surface area contributed by atoms with Crippen molar-refractivity contribution in [3.05, 3.63) is 35.9 Å². The van der Waals surface area contributed by atoms with Gasteiger partial charge in [-0.3, -0.25) is 4.79 Å². The SMILES string of the molecule is C#CCNC(=O)c1ccccc1Oc1nc(OC)cc(OC)n1. The highest BCUT2D eigenvalue weighted by atomic mass is 16.5. The Kier molecular flexibility index (Phi) is 5.36. The molecule has 0 unspecified atom stereocenters. The number of terminal acetylenes is 1. The molecule has 0 spiro atoms. The van der Waals surface area contributed by atoms with Gasteiger partial charge < -0.3 is 19.5 Å². The van der Waals surface area contributed by atoms with E-state index < -0.39 is 0 Å². The van der Waals surface area contributed by atoms with Gasteiger partial charge in [0, 0.05) is 0 Å². The number of carbonyl (C=O) groups excluding carboxylic acids is 1. The maximum absolute atomic E-state index is 12.1. The number of nitrogens with one attached hydrogen (secondary N) is 1. The molecular weight excluding hydrogens is 298 g/mol. The van der Waals surface area contributed by atoms with Crippen LogP contribution in [0.1, 0.15) is 10.4 Å². The van der Waals surface area contributed by atoms with Crippen LogP contribution in [0.2, 0.25) is 0 Å². The van der Waals surface area contributed by atoms with Crippen molar-refractivity contribution in [3.8, 4) is 35.9 Å². The van der Waals surface area contributed by atoms with Crippen LogP contribution in [-0.4, -0.2) is 36.6 Å². The van der Waals surface area contributed by atoms with Gasteiger partial charge in [0.05, 0.1) is 32.4 Å². The summed E-state index contributed by atoms with van der Waals surface area (Å²) >= 11 is 0. The molecule has 7 nitrogen and oxygen atoms in total. The lowest BCUT2D eigenvalue weighted by Crippen LogP contribution is -2.23. The average Bonchev–Trinajstić information content (AvgIpc) is 2.59. The number of para-hydroxylation sites is 1. The maximum atomic E-state index is 12.1. The molecule has 118 valence electrons. The van der Waals surface area contributed by atoms with Gasteiger partial charge in [-0.15, -0.1) is 6.42 Å². The molecule has 1 aromatic carbocycles. The fourth-order valence-corrected chi connectivity index (χ4v) is 1.71. The second kappa shape index (κ2) is 7.66. The number of carbonyl (C=O) groups is 1. The summed E-state index contributed by atoms with van der Waals surface area (Å²) < 4.78 is 15.7. The predicted molar refractivity (Wildman–Crippen MR) is 82.8 cm³/mol. The number of amides is 1. The predicted octanol–water partition coefficient (Wildman–Crippen LogP) is 1.65. The lowest BCUT2D eigenvalue weighted by molar-refractivity contribution is 0.0956. The largest absolute Gasteiger partial charge is 0.481 e. The molecule has 0 aliphatic heterocycles. The van der Waals surface area contributed by atoms with Crippen molar-refractivity contribution in [2.75, 3.05) is 20.8 Å². The zero-order valence-electron chi connectivity index (χ0n) is 12.7. The van der Waals surface area contributed by atoms with E-state index in [2.05, 4.69) is 21.2 Å². The van der Waals surface area contributed by atoms with E-state index >= 15 is 0 Å². The molecule has 1 aromatic heterocycles. The molecule has 1 N–H and O–H groups in total. The third-order valence-electron chi connectivity index (χ3n) is 2.76. The molecule has 0 atom stereocenters. The number of hydrogen-bond acceptors (Lipinski definition) is 6. The van der Waals surface area contributed by atoms with Gasteiger partial charge >= 0.3 is 6.01 Å². The highest BCUT2D eigenvalue weighted by Gasteiger charge is 2.14. The first kappa shape index (κ1) is 16.1. The van der Waals surface area contributed by atoms with Crippen LogP contribution in [0.4, 0.5) is 0 Å². The van der Waals surface area contributed by atoms with Crippen LogP contribution in [0.3, 0.4) is 0 Å². The van der Waals surface area contributed by atoms with Crippen molar-refractivity contribution in [2.24, 2.45) is 0 Å². The number of ether oxygens (including phenoxy) is 3. The standard InChI is InChI=1S/C16H15N3O4/c1-4-9-17-15(20)11-7-5-6-8-12(11)23-16-18-13(21-2)10-14(19-16)22-3/h1,5-8,10H,9H2,2-3H3,(H,17,20). The lowest BCUT2D eigenvalue weighted by Gasteiger charge is -2.10. The number of methoxy groups -OCH3 is 2. The molecule has 1 amide bonds. The van der Waals surface area contributed by atoms with Crippen molar-refractivity contribution < 1.29 is 19.0 Å². The fraction of sp³-hybridized carbons (Fsp3) is 0.188. The molecule has 0 aliphatic rings. The Morgan fingerprint density at radius 3 is 2.48 bits per heavy atom. The Bertz CT molecular complexity index is 718. The third-order valence-corrected chi connectivity index (χ3v) is 2.76. The Labute approximate surface area is 133 Å². The molecule has 23 heavy (non-hydrogen) atoms. The normalized spacial score (nSPS) is 9.61.